The third-order valence-electron chi connectivity index (χ3n) is 2.93. The molecular weight excluding hydrogens is 184 g/mol. The summed E-state index contributed by atoms with van der Waals surface area (Å²) < 4.78 is 0. The minimum absolute atomic E-state index is 0.761. The Morgan fingerprint density at radius 2 is 1.07 bits per heavy atom. The predicted molar refractivity (Wildman–Crippen MR) is 67.1 cm³/mol. The average Bonchev–Trinajstić information content (AvgIpc) is 2.26. The minimum Gasteiger partial charge on any atom is -0.303 e. The Bertz CT molecular complexity index is 121. The third-order valence-corrected chi connectivity index (χ3v) is 2.93. The molecule has 0 unspecified atom stereocenters. The van der Waals surface area contributed by atoms with Crippen LogP contribution in [-0.4, -0.2) is 6.29 Å². The molecule has 0 aromatic heterocycles. The smallest absolute Gasteiger partial charge is 0.119 e. The fraction of sp³-hybridized carbons (Fsp3) is 0.929. The van der Waals surface area contributed by atoms with Gasteiger partial charge in [-0.05, 0) is 6.42 Å². The van der Waals surface area contributed by atoms with E-state index in [2.05, 4.69) is 6.92 Å². The van der Waals surface area contributed by atoms with Gasteiger partial charge in [0.05, 0.1) is 0 Å². The zero-order valence-corrected chi connectivity index (χ0v) is 10.5. The van der Waals surface area contributed by atoms with Crippen LogP contribution in [0.25, 0.3) is 0 Å². The van der Waals surface area contributed by atoms with Crippen LogP contribution < -0.4 is 0 Å². The van der Waals surface area contributed by atoms with E-state index in [0.717, 1.165) is 19.1 Å². The van der Waals surface area contributed by atoms with E-state index < -0.39 is 0 Å². The van der Waals surface area contributed by atoms with Crippen LogP contribution in [0.4, 0.5) is 0 Å². The van der Waals surface area contributed by atoms with E-state index in [1.165, 1.54) is 64.2 Å². The molecule has 0 aromatic carbocycles. The molecule has 0 aliphatic heterocycles. The van der Waals surface area contributed by atoms with Crippen molar-refractivity contribution in [3.63, 3.8) is 0 Å². The molecule has 0 amide bonds. The predicted octanol–water partition coefficient (Wildman–Crippen LogP) is 4.89. The Morgan fingerprint density at radius 3 is 1.47 bits per heavy atom. The van der Waals surface area contributed by atoms with E-state index in [0.29, 0.717) is 0 Å². The summed E-state index contributed by atoms with van der Waals surface area (Å²) in [4.78, 5) is 10.1. The van der Waals surface area contributed by atoms with Crippen LogP contribution in [0.1, 0.15) is 84.0 Å². The van der Waals surface area contributed by atoms with Crippen LogP contribution >= 0.6 is 0 Å². The van der Waals surface area contributed by atoms with E-state index in [4.69, 9.17) is 0 Å². The second-order valence-electron chi connectivity index (χ2n) is 4.49. The zero-order valence-electron chi connectivity index (χ0n) is 10.5. The van der Waals surface area contributed by atoms with Gasteiger partial charge in [-0.2, -0.15) is 0 Å². The minimum atomic E-state index is 0.761. The van der Waals surface area contributed by atoms with Gasteiger partial charge in [-0.3, -0.25) is 0 Å². The lowest BCUT2D eigenvalue weighted by atomic mass is 10.1. The SMILES string of the molecule is CCCCCCCCCCCCCC=O. The molecule has 1 nitrogen and oxygen atoms in total. The fourth-order valence-corrected chi connectivity index (χ4v) is 1.89. The van der Waals surface area contributed by atoms with Crippen LogP contribution in [0.5, 0.6) is 0 Å². The second-order valence-corrected chi connectivity index (χ2v) is 4.49. The Hall–Kier alpha value is -0.330. The molecule has 0 rings (SSSR count). The van der Waals surface area contributed by atoms with Gasteiger partial charge in [0.25, 0.3) is 0 Å². The normalized spacial score (nSPS) is 10.5. The summed E-state index contributed by atoms with van der Waals surface area (Å²) in [5.41, 5.74) is 0. The first-order chi connectivity index (χ1) is 7.41. The van der Waals surface area contributed by atoms with Crippen LogP contribution in [0.2, 0.25) is 0 Å². The van der Waals surface area contributed by atoms with Gasteiger partial charge < -0.3 is 4.79 Å². The van der Waals surface area contributed by atoms with E-state index >= 15 is 0 Å². The Balaban J connectivity index is 2.83. The van der Waals surface area contributed by atoms with Crippen molar-refractivity contribution in [1.29, 1.82) is 0 Å². The van der Waals surface area contributed by atoms with Gasteiger partial charge in [-0.25, -0.2) is 0 Å². The van der Waals surface area contributed by atoms with E-state index in [9.17, 15) is 4.79 Å². The number of carbonyl (C=O) groups is 1. The quantitative estimate of drug-likeness (QED) is 0.332. The maximum atomic E-state index is 10.1. The summed E-state index contributed by atoms with van der Waals surface area (Å²) in [7, 11) is 0. The molecule has 0 atom stereocenters. The molecule has 0 saturated carbocycles. The molecule has 0 aliphatic rings. The molecule has 0 heterocycles. The number of rotatable bonds is 12. The van der Waals surface area contributed by atoms with Crippen molar-refractivity contribution in [3.8, 4) is 0 Å². The highest BCUT2D eigenvalue weighted by Gasteiger charge is 1.92. The van der Waals surface area contributed by atoms with Crippen LogP contribution in [0.3, 0.4) is 0 Å². The van der Waals surface area contributed by atoms with Crippen molar-refractivity contribution in [3.05, 3.63) is 0 Å². The van der Waals surface area contributed by atoms with Gasteiger partial charge in [0.1, 0.15) is 6.29 Å². The molecular formula is C14H28O. The van der Waals surface area contributed by atoms with Gasteiger partial charge >= 0.3 is 0 Å². The maximum Gasteiger partial charge on any atom is 0.119 e. The molecule has 0 aromatic rings. The number of hydrogen-bond donors (Lipinski definition) is 0. The molecule has 0 radical (unpaired) electrons. The number of carbonyl (C=O) groups excluding carboxylic acids is 1. The zero-order chi connectivity index (χ0) is 11.2. The van der Waals surface area contributed by atoms with E-state index in [-0.39, 0.29) is 0 Å². The van der Waals surface area contributed by atoms with Crippen molar-refractivity contribution in [1.82, 2.24) is 0 Å². The summed E-state index contributed by atoms with van der Waals surface area (Å²) in [6.07, 6.45) is 16.7. The van der Waals surface area contributed by atoms with Gasteiger partial charge in [-0.1, -0.05) is 71.1 Å². The van der Waals surface area contributed by atoms with Crippen LogP contribution in [0.15, 0.2) is 0 Å². The topological polar surface area (TPSA) is 17.1 Å². The van der Waals surface area contributed by atoms with Gasteiger partial charge in [0, 0.05) is 6.42 Å². The lowest BCUT2D eigenvalue weighted by Crippen LogP contribution is -1.82. The highest BCUT2D eigenvalue weighted by atomic mass is 16.1. The molecule has 0 spiro atoms. The maximum absolute atomic E-state index is 10.1. The van der Waals surface area contributed by atoms with Crippen molar-refractivity contribution in [2.75, 3.05) is 0 Å². The Morgan fingerprint density at radius 1 is 0.667 bits per heavy atom. The number of unbranched alkanes of at least 4 members (excludes halogenated alkanes) is 11. The molecule has 0 aliphatic carbocycles. The third kappa shape index (κ3) is 13.7. The van der Waals surface area contributed by atoms with Crippen molar-refractivity contribution < 1.29 is 4.79 Å². The molecule has 0 fully saturated rings. The average molecular weight is 212 g/mol. The van der Waals surface area contributed by atoms with Crippen LogP contribution in [0, 0.1) is 0 Å². The standard InChI is InChI=1S/C14H28O/c1-2-3-4-5-6-7-8-9-10-11-12-13-14-15/h14H,2-13H2,1H3. The van der Waals surface area contributed by atoms with Gasteiger partial charge in [-0.15, -0.1) is 0 Å². The molecule has 1 heteroatoms. The Kier molecular flexibility index (Phi) is 13.4. The van der Waals surface area contributed by atoms with Gasteiger partial charge in [0.15, 0.2) is 0 Å². The first kappa shape index (κ1) is 14.7. The molecule has 90 valence electrons. The Labute approximate surface area is 95.6 Å². The van der Waals surface area contributed by atoms with E-state index in [1.807, 2.05) is 0 Å². The van der Waals surface area contributed by atoms with E-state index in [1.54, 1.807) is 0 Å². The van der Waals surface area contributed by atoms with Crippen molar-refractivity contribution in [2.45, 2.75) is 84.0 Å². The lowest BCUT2D eigenvalue weighted by Gasteiger charge is -2.01. The fourth-order valence-electron chi connectivity index (χ4n) is 1.89. The first-order valence-electron chi connectivity index (χ1n) is 6.85. The van der Waals surface area contributed by atoms with Gasteiger partial charge in [0.2, 0.25) is 0 Å². The molecule has 0 bridgehead atoms. The molecule has 0 saturated heterocycles. The summed E-state index contributed by atoms with van der Waals surface area (Å²) >= 11 is 0. The monoisotopic (exact) mass is 212 g/mol. The van der Waals surface area contributed by atoms with Crippen molar-refractivity contribution >= 4 is 6.29 Å². The highest BCUT2D eigenvalue weighted by molar-refractivity contribution is 5.48. The number of hydrogen-bond acceptors (Lipinski definition) is 1. The highest BCUT2D eigenvalue weighted by Crippen LogP contribution is 2.11. The lowest BCUT2D eigenvalue weighted by molar-refractivity contribution is -0.107. The summed E-state index contributed by atoms with van der Waals surface area (Å²) in [6, 6.07) is 0. The van der Waals surface area contributed by atoms with Crippen molar-refractivity contribution in [2.24, 2.45) is 0 Å². The largest absolute Gasteiger partial charge is 0.303 e. The molecule has 15 heavy (non-hydrogen) atoms. The molecule has 0 N–H and O–H groups in total. The second kappa shape index (κ2) is 13.7. The summed E-state index contributed by atoms with van der Waals surface area (Å²) in [5.74, 6) is 0. The summed E-state index contributed by atoms with van der Waals surface area (Å²) in [5, 5.41) is 0. The summed E-state index contributed by atoms with van der Waals surface area (Å²) in [6.45, 7) is 2.26. The van der Waals surface area contributed by atoms with Crippen LogP contribution in [-0.2, 0) is 4.79 Å². The number of aldehydes is 1. The first-order valence-corrected chi connectivity index (χ1v) is 6.85.